The van der Waals surface area contributed by atoms with Crippen LogP contribution in [0.4, 0.5) is 5.69 Å². The van der Waals surface area contributed by atoms with Gasteiger partial charge >= 0.3 is 5.97 Å². The number of anilines is 1. The molecule has 0 aliphatic heterocycles. The largest absolute Gasteiger partial charge is 0.481 e. The molecule has 0 radical (unpaired) electrons. The lowest BCUT2D eigenvalue weighted by Gasteiger charge is -2.24. The minimum absolute atomic E-state index is 0.353. The van der Waals surface area contributed by atoms with Crippen LogP contribution in [-0.4, -0.2) is 11.1 Å². The number of nitrogens with one attached hydrogen (secondary N) is 1. The first kappa shape index (κ1) is 13.9. The number of benzene rings is 2. The molecule has 0 heterocycles. The van der Waals surface area contributed by atoms with Gasteiger partial charge in [-0.25, -0.2) is 0 Å². The van der Waals surface area contributed by atoms with Gasteiger partial charge < -0.3 is 10.4 Å². The topological polar surface area (TPSA) is 49.3 Å². The van der Waals surface area contributed by atoms with Gasteiger partial charge in [0.1, 0.15) is 0 Å². The highest BCUT2D eigenvalue weighted by Gasteiger charge is 2.26. The Bertz CT molecular complexity index is 566. The summed E-state index contributed by atoms with van der Waals surface area (Å²) < 4.78 is 0. The van der Waals surface area contributed by atoms with Gasteiger partial charge in [0.05, 0.1) is 12.0 Å². The Kier molecular flexibility index (Phi) is 4.56. The van der Waals surface area contributed by atoms with Crippen LogP contribution in [0.3, 0.4) is 0 Å². The highest BCUT2D eigenvalue weighted by atomic mass is 16.4. The van der Waals surface area contributed by atoms with Crippen LogP contribution in [0.15, 0.2) is 73.3 Å². The molecule has 0 unspecified atom stereocenters. The van der Waals surface area contributed by atoms with Gasteiger partial charge in [-0.2, -0.15) is 0 Å². The molecule has 0 spiro atoms. The van der Waals surface area contributed by atoms with Gasteiger partial charge in [0.15, 0.2) is 0 Å². The summed E-state index contributed by atoms with van der Waals surface area (Å²) >= 11 is 0. The zero-order valence-corrected chi connectivity index (χ0v) is 11.1. The van der Waals surface area contributed by atoms with Crippen LogP contribution in [0, 0.1) is 5.92 Å². The third kappa shape index (κ3) is 3.26. The number of rotatable bonds is 6. The van der Waals surface area contributed by atoms with Crippen molar-refractivity contribution < 1.29 is 9.90 Å². The van der Waals surface area contributed by atoms with Crippen molar-refractivity contribution in [3.8, 4) is 0 Å². The molecule has 0 amide bonds. The number of aliphatic carboxylic acids is 1. The van der Waals surface area contributed by atoms with Gasteiger partial charge in [0.2, 0.25) is 0 Å². The van der Waals surface area contributed by atoms with E-state index in [0.29, 0.717) is 0 Å². The first-order chi connectivity index (χ1) is 9.72. The molecular formula is C17H17NO2. The van der Waals surface area contributed by atoms with Gasteiger partial charge in [0.25, 0.3) is 0 Å². The smallest absolute Gasteiger partial charge is 0.312 e. The van der Waals surface area contributed by atoms with E-state index in [4.69, 9.17) is 0 Å². The lowest BCUT2D eigenvalue weighted by molar-refractivity contribution is -0.140. The quantitative estimate of drug-likeness (QED) is 0.784. The Morgan fingerprint density at radius 1 is 1.05 bits per heavy atom. The van der Waals surface area contributed by atoms with Gasteiger partial charge in [0, 0.05) is 5.69 Å². The molecule has 2 aromatic rings. The molecule has 0 aromatic heterocycles. The molecule has 0 saturated heterocycles. The van der Waals surface area contributed by atoms with Gasteiger partial charge in [-0.3, -0.25) is 4.79 Å². The fourth-order valence-electron chi connectivity index (χ4n) is 2.13. The monoisotopic (exact) mass is 267 g/mol. The van der Waals surface area contributed by atoms with E-state index in [1.54, 1.807) is 0 Å². The summed E-state index contributed by atoms with van der Waals surface area (Å²) in [6, 6.07) is 18.8. The van der Waals surface area contributed by atoms with E-state index in [-0.39, 0.29) is 6.04 Å². The van der Waals surface area contributed by atoms with Crippen molar-refractivity contribution in [2.45, 2.75) is 6.04 Å². The Morgan fingerprint density at radius 3 is 2.10 bits per heavy atom. The van der Waals surface area contributed by atoms with Gasteiger partial charge in [-0.05, 0) is 17.7 Å². The highest BCUT2D eigenvalue weighted by molar-refractivity contribution is 5.74. The minimum atomic E-state index is -0.891. The first-order valence-electron chi connectivity index (χ1n) is 6.44. The summed E-state index contributed by atoms with van der Waals surface area (Å²) in [5.41, 5.74) is 1.80. The number of carboxylic acid groups (broad SMARTS) is 1. The van der Waals surface area contributed by atoms with Crippen LogP contribution in [-0.2, 0) is 4.79 Å². The van der Waals surface area contributed by atoms with E-state index in [2.05, 4.69) is 11.9 Å². The van der Waals surface area contributed by atoms with Crippen molar-refractivity contribution in [2.24, 2.45) is 5.92 Å². The molecule has 20 heavy (non-hydrogen) atoms. The minimum Gasteiger partial charge on any atom is -0.481 e. The van der Waals surface area contributed by atoms with E-state index in [1.807, 2.05) is 60.7 Å². The second kappa shape index (κ2) is 6.57. The second-order valence-electron chi connectivity index (χ2n) is 4.50. The molecule has 3 nitrogen and oxygen atoms in total. The molecule has 0 fully saturated rings. The van der Waals surface area contributed by atoms with E-state index in [1.165, 1.54) is 6.08 Å². The zero-order valence-electron chi connectivity index (χ0n) is 11.1. The van der Waals surface area contributed by atoms with Gasteiger partial charge in [-0.1, -0.05) is 54.6 Å². The summed E-state index contributed by atoms with van der Waals surface area (Å²) in [5.74, 6) is -1.59. The number of para-hydroxylation sites is 1. The summed E-state index contributed by atoms with van der Waals surface area (Å²) in [7, 11) is 0. The lowest BCUT2D eigenvalue weighted by Crippen LogP contribution is -2.26. The predicted octanol–water partition coefficient (Wildman–Crippen LogP) is 3.73. The number of carboxylic acids is 1. The summed E-state index contributed by atoms with van der Waals surface area (Å²) in [6.45, 7) is 3.65. The molecule has 2 N–H and O–H groups in total. The zero-order chi connectivity index (χ0) is 14.4. The van der Waals surface area contributed by atoms with Crippen LogP contribution in [0.2, 0.25) is 0 Å². The van der Waals surface area contributed by atoms with E-state index < -0.39 is 11.9 Å². The van der Waals surface area contributed by atoms with Crippen LogP contribution < -0.4 is 5.32 Å². The standard InChI is InChI=1S/C17H17NO2/c1-2-15(17(19)20)16(13-9-5-3-6-10-13)18-14-11-7-4-8-12-14/h2-12,15-16,18H,1H2,(H,19,20)/t15-,16-/m1/s1. The molecule has 0 bridgehead atoms. The fraction of sp³-hybridized carbons (Fsp3) is 0.118. The third-order valence-corrected chi connectivity index (χ3v) is 3.15. The summed E-state index contributed by atoms with van der Waals surface area (Å²) in [4.78, 5) is 11.4. The first-order valence-corrected chi connectivity index (χ1v) is 6.44. The Hall–Kier alpha value is -2.55. The van der Waals surface area contributed by atoms with Crippen molar-refractivity contribution in [3.05, 3.63) is 78.9 Å². The molecule has 102 valence electrons. The molecule has 0 aliphatic carbocycles. The normalized spacial score (nSPS) is 13.2. The number of hydrogen-bond donors (Lipinski definition) is 2. The SMILES string of the molecule is C=C[C@@H](C(=O)O)[C@H](Nc1ccccc1)c1ccccc1. The fourth-order valence-corrected chi connectivity index (χ4v) is 2.13. The number of hydrogen-bond acceptors (Lipinski definition) is 2. The second-order valence-corrected chi connectivity index (χ2v) is 4.50. The molecule has 3 heteroatoms. The van der Waals surface area contributed by atoms with Crippen LogP contribution in [0.1, 0.15) is 11.6 Å². The molecular weight excluding hydrogens is 250 g/mol. The molecule has 0 saturated carbocycles. The molecule has 0 aliphatic rings. The maximum Gasteiger partial charge on any atom is 0.312 e. The summed E-state index contributed by atoms with van der Waals surface area (Å²) in [6.07, 6.45) is 1.47. The van der Waals surface area contributed by atoms with Crippen molar-refractivity contribution in [1.82, 2.24) is 0 Å². The predicted molar refractivity (Wildman–Crippen MR) is 80.6 cm³/mol. The van der Waals surface area contributed by atoms with Crippen molar-refractivity contribution in [2.75, 3.05) is 5.32 Å². The maximum absolute atomic E-state index is 11.4. The highest BCUT2D eigenvalue weighted by Crippen LogP contribution is 2.27. The molecule has 2 aromatic carbocycles. The third-order valence-electron chi connectivity index (χ3n) is 3.15. The average Bonchev–Trinajstić information content (AvgIpc) is 2.48. The van der Waals surface area contributed by atoms with Crippen LogP contribution >= 0.6 is 0 Å². The lowest BCUT2D eigenvalue weighted by atomic mass is 9.92. The number of carbonyl (C=O) groups is 1. The van der Waals surface area contributed by atoms with Crippen molar-refractivity contribution in [3.63, 3.8) is 0 Å². The van der Waals surface area contributed by atoms with Crippen LogP contribution in [0.5, 0.6) is 0 Å². The van der Waals surface area contributed by atoms with E-state index in [0.717, 1.165) is 11.3 Å². The molecule has 2 rings (SSSR count). The van der Waals surface area contributed by atoms with E-state index >= 15 is 0 Å². The van der Waals surface area contributed by atoms with Crippen LogP contribution in [0.25, 0.3) is 0 Å². The Morgan fingerprint density at radius 2 is 1.60 bits per heavy atom. The average molecular weight is 267 g/mol. The molecule has 2 atom stereocenters. The maximum atomic E-state index is 11.4. The Balaban J connectivity index is 2.34. The van der Waals surface area contributed by atoms with Crippen molar-refractivity contribution >= 4 is 11.7 Å². The van der Waals surface area contributed by atoms with Gasteiger partial charge in [-0.15, -0.1) is 6.58 Å². The van der Waals surface area contributed by atoms with E-state index in [9.17, 15) is 9.90 Å². The summed E-state index contributed by atoms with van der Waals surface area (Å²) in [5, 5.41) is 12.6. The van der Waals surface area contributed by atoms with Crippen molar-refractivity contribution in [1.29, 1.82) is 0 Å². The Labute approximate surface area is 118 Å².